The maximum atomic E-state index is 12.2. The molecule has 0 radical (unpaired) electrons. The Morgan fingerprint density at radius 2 is 2.04 bits per heavy atom. The second kappa shape index (κ2) is 6.98. The predicted molar refractivity (Wildman–Crippen MR) is 91.6 cm³/mol. The Morgan fingerprint density at radius 3 is 2.69 bits per heavy atom. The van der Waals surface area contributed by atoms with Gasteiger partial charge in [0, 0.05) is 24.0 Å². The third-order valence-electron chi connectivity index (χ3n) is 5.22. The number of nitrogens with one attached hydrogen (secondary N) is 1. The van der Waals surface area contributed by atoms with Gasteiger partial charge in [0.2, 0.25) is 0 Å². The Kier molecular flexibility index (Phi) is 5.05. The molecule has 2 fully saturated rings. The molecule has 0 aromatic heterocycles. The van der Waals surface area contributed by atoms with Crippen LogP contribution in [0.1, 0.15) is 32.3 Å². The minimum atomic E-state index is -4.69. The number of guanidine groups is 1. The van der Waals surface area contributed by atoms with E-state index in [2.05, 4.69) is 28.9 Å². The Hall–Kier alpha value is -1.96. The zero-order valence-electron chi connectivity index (χ0n) is 14.8. The standard InChI is InChI=1S/C18H24F3N3O2/c1-17(2)14(13-4-3-9-25-15(13)17)24-16(22)23-10-11-5-7-12(8-6-11)26-18(19,20)21/h5-8,13-15H,3-4,9-10H2,1-2H3,(H3,22,23,24). The highest BCUT2D eigenvalue weighted by Crippen LogP contribution is 2.51. The molecule has 3 atom stereocenters. The van der Waals surface area contributed by atoms with Gasteiger partial charge in [-0.1, -0.05) is 26.0 Å². The van der Waals surface area contributed by atoms with Gasteiger partial charge in [-0.3, -0.25) is 0 Å². The minimum Gasteiger partial charge on any atom is -0.406 e. The van der Waals surface area contributed by atoms with E-state index in [0.717, 1.165) is 25.0 Å². The first kappa shape index (κ1) is 18.8. The number of fused-ring (bicyclic) bond motifs is 1. The average molecular weight is 371 g/mol. The first-order chi connectivity index (χ1) is 12.2. The number of nitrogens with two attached hydrogens (primary N) is 1. The largest absolute Gasteiger partial charge is 0.573 e. The van der Waals surface area contributed by atoms with Gasteiger partial charge in [-0.05, 0) is 30.5 Å². The summed E-state index contributed by atoms with van der Waals surface area (Å²) in [5.74, 6) is 0.518. The lowest BCUT2D eigenvalue weighted by molar-refractivity contribution is -0.274. The molecule has 3 unspecified atom stereocenters. The van der Waals surface area contributed by atoms with Crippen LogP contribution in [0.3, 0.4) is 0 Å². The normalized spacial score (nSPS) is 28.0. The van der Waals surface area contributed by atoms with E-state index < -0.39 is 6.36 Å². The third kappa shape index (κ3) is 4.06. The molecular formula is C18H24F3N3O2. The fourth-order valence-corrected chi connectivity index (χ4v) is 3.99. The zero-order valence-corrected chi connectivity index (χ0v) is 14.8. The molecule has 1 heterocycles. The van der Waals surface area contributed by atoms with Crippen molar-refractivity contribution in [3.05, 3.63) is 29.8 Å². The van der Waals surface area contributed by atoms with E-state index in [9.17, 15) is 13.2 Å². The number of hydrogen-bond acceptors (Lipinski definition) is 3. The summed E-state index contributed by atoms with van der Waals surface area (Å²) >= 11 is 0. The number of aliphatic imine (C=N–C) groups is 1. The summed E-state index contributed by atoms with van der Waals surface area (Å²) in [6, 6.07) is 5.81. The van der Waals surface area contributed by atoms with E-state index in [1.165, 1.54) is 24.3 Å². The summed E-state index contributed by atoms with van der Waals surface area (Å²) in [7, 11) is 0. The number of benzene rings is 1. The molecule has 2 aliphatic rings. The second-order valence-corrected chi connectivity index (χ2v) is 7.43. The first-order valence-corrected chi connectivity index (χ1v) is 8.69. The Labute approximate surface area is 150 Å². The molecule has 1 saturated heterocycles. The summed E-state index contributed by atoms with van der Waals surface area (Å²) in [6.45, 7) is 5.41. The predicted octanol–water partition coefficient (Wildman–Crippen LogP) is 3.19. The molecule has 0 bridgehead atoms. The van der Waals surface area contributed by atoms with E-state index in [4.69, 9.17) is 10.5 Å². The zero-order chi connectivity index (χ0) is 18.9. The molecule has 0 amide bonds. The van der Waals surface area contributed by atoms with Crippen LogP contribution in [0.4, 0.5) is 13.2 Å². The number of nitrogens with zero attached hydrogens (tertiary/aromatic N) is 1. The van der Waals surface area contributed by atoms with Crippen LogP contribution in [-0.4, -0.2) is 31.1 Å². The van der Waals surface area contributed by atoms with Crippen molar-refractivity contribution in [3.8, 4) is 5.75 Å². The molecule has 5 nitrogen and oxygen atoms in total. The topological polar surface area (TPSA) is 68.9 Å². The van der Waals surface area contributed by atoms with Crippen LogP contribution < -0.4 is 15.8 Å². The van der Waals surface area contributed by atoms with Gasteiger partial charge in [0.1, 0.15) is 5.75 Å². The van der Waals surface area contributed by atoms with Crippen LogP contribution in [0.15, 0.2) is 29.3 Å². The molecular weight excluding hydrogens is 347 g/mol. The van der Waals surface area contributed by atoms with Gasteiger partial charge in [-0.25, -0.2) is 4.99 Å². The lowest BCUT2D eigenvalue weighted by Crippen LogP contribution is -2.70. The van der Waals surface area contributed by atoms with Gasteiger partial charge in [0.15, 0.2) is 5.96 Å². The smallest absolute Gasteiger partial charge is 0.406 e. The minimum absolute atomic E-state index is 0.0121. The SMILES string of the molecule is CC1(C)C(NC(N)=NCc2ccc(OC(F)(F)F)cc2)C2CCCOC21. The number of alkyl halides is 3. The second-order valence-electron chi connectivity index (χ2n) is 7.43. The maximum absolute atomic E-state index is 12.2. The van der Waals surface area contributed by atoms with Crippen molar-refractivity contribution in [3.63, 3.8) is 0 Å². The van der Waals surface area contributed by atoms with Crippen molar-refractivity contribution >= 4 is 5.96 Å². The van der Waals surface area contributed by atoms with Crippen LogP contribution in [0.2, 0.25) is 0 Å². The van der Waals surface area contributed by atoms with Gasteiger partial charge < -0.3 is 20.5 Å². The summed E-state index contributed by atoms with van der Waals surface area (Å²) in [4.78, 5) is 4.30. The van der Waals surface area contributed by atoms with Gasteiger partial charge in [-0.15, -0.1) is 13.2 Å². The third-order valence-corrected chi connectivity index (χ3v) is 5.22. The molecule has 1 aliphatic heterocycles. The van der Waals surface area contributed by atoms with Crippen LogP contribution in [-0.2, 0) is 11.3 Å². The molecule has 26 heavy (non-hydrogen) atoms. The molecule has 1 aliphatic carbocycles. The van der Waals surface area contributed by atoms with Crippen LogP contribution >= 0.6 is 0 Å². The lowest BCUT2D eigenvalue weighted by Gasteiger charge is -2.60. The highest BCUT2D eigenvalue weighted by atomic mass is 19.4. The summed E-state index contributed by atoms with van der Waals surface area (Å²) in [5, 5.41) is 3.29. The highest BCUT2D eigenvalue weighted by molar-refractivity contribution is 5.78. The van der Waals surface area contributed by atoms with Crippen molar-refractivity contribution in [1.29, 1.82) is 0 Å². The quantitative estimate of drug-likeness (QED) is 0.630. The summed E-state index contributed by atoms with van der Waals surface area (Å²) in [5.41, 5.74) is 6.75. The molecule has 8 heteroatoms. The molecule has 0 spiro atoms. The van der Waals surface area contributed by atoms with Crippen molar-refractivity contribution in [2.24, 2.45) is 22.1 Å². The Bertz CT molecular complexity index is 659. The van der Waals surface area contributed by atoms with Crippen molar-refractivity contribution in [1.82, 2.24) is 5.32 Å². The van der Waals surface area contributed by atoms with E-state index >= 15 is 0 Å². The Morgan fingerprint density at radius 1 is 1.35 bits per heavy atom. The molecule has 144 valence electrons. The number of halogens is 3. The molecule has 1 aromatic carbocycles. The van der Waals surface area contributed by atoms with Crippen LogP contribution in [0, 0.1) is 11.3 Å². The maximum Gasteiger partial charge on any atom is 0.573 e. The van der Waals surface area contributed by atoms with Gasteiger partial charge in [-0.2, -0.15) is 0 Å². The fraction of sp³-hybridized carbons (Fsp3) is 0.611. The van der Waals surface area contributed by atoms with Gasteiger partial charge in [0.25, 0.3) is 0 Å². The fourth-order valence-electron chi connectivity index (χ4n) is 3.99. The first-order valence-electron chi connectivity index (χ1n) is 8.69. The Balaban J connectivity index is 1.55. The molecule has 3 N–H and O–H groups in total. The van der Waals surface area contributed by atoms with E-state index in [1.807, 2.05) is 0 Å². The van der Waals surface area contributed by atoms with E-state index in [1.54, 1.807) is 0 Å². The lowest BCUT2D eigenvalue weighted by atomic mass is 9.55. The van der Waals surface area contributed by atoms with E-state index in [0.29, 0.717) is 11.9 Å². The number of rotatable bonds is 4. The average Bonchev–Trinajstić information content (AvgIpc) is 2.58. The van der Waals surface area contributed by atoms with Crippen LogP contribution in [0.25, 0.3) is 0 Å². The van der Waals surface area contributed by atoms with E-state index in [-0.39, 0.29) is 29.9 Å². The summed E-state index contributed by atoms with van der Waals surface area (Å²) < 4.78 is 46.2. The molecule has 1 saturated carbocycles. The monoisotopic (exact) mass is 371 g/mol. The summed E-state index contributed by atoms with van der Waals surface area (Å²) in [6.07, 6.45) is -2.27. The number of ether oxygens (including phenoxy) is 2. The van der Waals surface area contributed by atoms with Crippen molar-refractivity contribution < 1.29 is 22.6 Å². The molecule has 3 rings (SSSR count). The van der Waals surface area contributed by atoms with Gasteiger partial charge >= 0.3 is 6.36 Å². The number of hydrogen-bond donors (Lipinski definition) is 2. The van der Waals surface area contributed by atoms with Crippen LogP contribution in [0.5, 0.6) is 5.75 Å². The molecule has 1 aromatic rings. The van der Waals surface area contributed by atoms with Crippen molar-refractivity contribution in [2.75, 3.05) is 6.61 Å². The highest BCUT2D eigenvalue weighted by Gasteiger charge is 2.58. The van der Waals surface area contributed by atoms with Gasteiger partial charge in [0.05, 0.1) is 12.6 Å². The van der Waals surface area contributed by atoms with Crippen molar-refractivity contribution in [2.45, 2.75) is 51.7 Å².